The quantitative estimate of drug-likeness (QED) is 0.801. The highest BCUT2D eigenvalue weighted by Gasteiger charge is 2.24. The van der Waals surface area contributed by atoms with Crippen molar-refractivity contribution >= 4 is 22.0 Å². The van der Waals surface area contributed by atoms with Gasteiger partial charge in [0, 0.05) is 19.6 Å². The highest BCUT2D eigenvalue weighted by atomic mass is 79.9. The van der Waals surface area contributed by atoms with Gasteiger partial charge in [0.25, 0.3) is 5.56 Å². The van der Waals surface area contributed by atoms with E-state index in [2.05, 4.69) is 20.9 Å². The molecule has 0 aliphatic carbocycles. The van der Waals surface area contributed by atoms with E-state index >= 15 is 0 Å². The van der Waals surface area contributed by atoms with Gasteiger partial charge in [-0.1, -0.05) is 30.3 Å². The molecule has 8 heteroatoms. The summed E-state index contributed by atoms with van der Waals surface area (Å²) in [7, 11) is 0. The first-order valence-corrected chi connectivity index (χ1v) is 9.23. The first-order valence-electron chi connectivity index (χ1n) is 8.44. The summed E-state index contributed by atoms with van der Waals surface area (Å²) in [6.45, 7) is 1.75. The van der Waals surface area contributed by atoms with Crippen molar-refractivity contribution in [2.24, 2.45) is 5.92 Å². The second-order valence-corrected chi connectivity index (χ2v) is 7.13. The topological polar surface area (TPSA) is 84.7 Å². The Labute approximate surface area is 159 Å². The zero-order valence-electron chi connectivity index (χ0n) is 14.2. The van der Waals surface area contributed by atoms with E-state index in [1.807, 2.05) is 30.3 Å². The molecule has 7 nitrogen and oxygen atoms in total. The van der Waals surface area contributed by atoms with Crippen molar-refractivity contribution in [1.82, 2.24) is 14.5 Å². The third-order valence-corrected chi connectivity index (χ3v) is 5.09. The van der Waals surface area contributed by atoms with Gasteiger partial charge in [-0.15, -0.1) is 0 Å². The SMILES string of the molecule is O=C(O)N1CCCC(Cn2cnc(OCc3ccccc3)c(Br)c2=O)C1. The molecule has 0 saturated carbocycles. The van der Waals surface area contributed by atoms with Crippen LogP contribution in [0.25, 0.3) is 0 Å². The lowest BCUT2D eigenvalue weighted by molar-refractivity contribution is 0.116. The number of carboxylic acid groups (broad SMARTS) is 1. The van der Waals surface area contributed by atoms with E-state index < -0.39 is 6.09 Å². The third-order valence-electron chi connectivity index (χ3n) is 4.41. The van der Waals surface area contributed by atoms with Crippen molar-refractivity contribution in [1.29, 1.82) is 0 Å². The number of piperidine rings is 1. The molecule has 0 bridgehead atoms. The maximum absolute atomic E-state index is 12.6. The van der Waals surface area contributed by atoms with Gasteiger partial charge < -0.3 is 14.7 Å². The molecule has 1 fully saturated rings. The fraction of sp³-hybridized carbons (Fsp3) is 0.389. The number of carbonyl (C=O) groups is 1. The minimum absolute atomic E-state index is 0.0994. The molecule has 0 spiro atoms. The van der Waals surface area contributed by atoms with Gasteiger partial charge in [0.1, 0.15) is 17.4 Å². The van der Waals surface area contributed by atoms with Gasteiger partial charge in [-0.05, 0) is 40.3 Å². The molecular formula is C18H20BrN3O4. The Morgan fingerprint density at radius 1 is 1.35 bits per heavy atom. The number of rotatable bonds is 5. The lowest BCUT2D eigenvalue weighted by atomic mass is 9.98. The Bertz CT molecular complexity index is 825. The van der Waals surface area contributed by atoms with Gasteiger partial charge in [0.05, 0.1) is 0 Å². The number of nitrogens with zero attached hydrogens (tertiary/aromatic N) is 3. The van der Waals surface area contributed by atoms with Gasteiger partial charge in [0.15, 0.2) is 0 Å². The standard InChI is InChI=1S/C18H20BrN3O4/c19-15-16(26-11-13-5-2-1-3-6-13)20-12-22(17(15)23)10-14-7-4-8-21(9-14)18(24)25/h1-3,5-6,12,14H,4,7-11H2,(H,24,25). The minimum atomic E-state index is -0.911. The summed E-state index contributed by atoms with van der Waals surface area (Å²) < 4.78 is 7.43. The third kappa shape index (κ3) is 4.43. The lowest BCUT2D eigenvalue weighted by Crippen LogP contribution is -2.41. The molecule has 1 atom stereocenters. The molecule has 1 aliphatic heterocycles. The summed E-state index contributed by atoms with van der Waals surface area (Å²) in [5.41, 5.74) is 0.761. The van der Waals surface area contributed by atoms with E-state index in [1.54, 1.807) is 0 Å². The zero-order valence-corrected chi connectivity index (χ0v) is 15.8. The number of hydrogen-bond acceptors (Lipinski definition) is 4. The molecular weight excluding hydrogens is 402 g/mol. The van der Waals surface area contributed by atoms with Crippen molar-refractivity contribution in [3.05, 3.63) is 57.0 Å². The normalized spacial score (nSPS) is 17.1. The number of aromatic nitrogens is 2. The van der Waals surface area contributed by atoms with Gasteiger partial charge in [-0.3, -0.25) is 9.36 Å². The molecule has 1 saturated heterocycles. The first-order chi connectivity index (χ1) is 12.5. The van der Waals surface area contributed by atoms with Crippen LogP contribution in [-0.2, 0) is 13.2 Å². The second kappa shape index (κ2) is 8.35. The van der Waals surface area contributed by atoms with Crippen molar-refractivity contribution < 1.29 is 14.6 Å². The van der Waals surface area contributed by atoms with E-state index in [1.165, 1.54) is 15.8 Å². The summed E-state index contributed by atoms with van der Waals surface area (Å²) in [5, 5.41) is 9.13. The van der Waals surface area contributed by atoms with Crippen LogP contribution in [0.1, 0.15) is 18.4 Å². The van der Waals surface area contributed by atoms with Crippen LogP contribution in [-0.4, -0.2) is 38.7 Å². The summed E-state index contributed by atoms with van der Waals surface area (Å²) in [6, 6.07) is 9.64. The van der Waals surface area contributed by atoms with Gasteiger partial charge in [0.2, 0.25) is 5.88 Å². The van der Waals surface area contributed by atoms with Gasteiger partial charge in [-0.25, -0.2) is 9.78 Å². The molecule has 1 aromatic carbocycles. The van der Waals surface area contributed by atoms with Crippen LogP contribution in [0.2, 0.25) is 0 Å². The Morgan fingerprint density at radius 2 is 2.12 bits per heavy atom. The molecule has 2 heterocycles. The average molecular weight is 422 g/mol. The maximum atomic E-state index is 12.6. The fourth-order valence-electron chi connectivity index (χ4n) is 3.07. The summed E-state index contributed by atoms with van der Waals surface area (Å²) in [5.74, 6) is 0.355. The second-order valence-electron chi connectivity index (χ2n) is 6.33. The summed E-state index contributed by atoms with van der Waals surface area (Å²) in [4.78, 5) is 29.3. The largest absolute Gasteiger partial charge is 0.472 e. The van der Waals surface area contributed by atoms with Crippen LogP contribution in [0.5, 0.6) is 5.88 Å². The average Bonchev–Trinajstić information content (AvgIpc) is 2.66. The van der Waals surface area contributed by atoms with Crippen LogP contribution in [0.4, 0.5) is 4.79 Å². The number of halogens is 1. The Balaban J connectivity index is 1.67. The molecule has 1 aromatic heterocycles. The molecule has 1 amide bonds. The van der Waals surface area contributed by atoms with Crippen molar-refractivity contribution in [3.8, 4) is 5.88 Å². The van der Waals surface area contributed by atoms with E-state index in [-0.39, 0.29) is 21.8 Å². The highest BCUT2D eigenvalue weighted by Crippen LogP contribution is 2.21. The maximum Gasteiger partial charge on any atom is 0.407 e. The van der Waals surface area contributed by atoms with E-state index in [0.717, 1.165) is 18.4 Å². The lowest BCUT2D eigenvalue weighted by Gasteiger charge is -2.30. The van der Waals surface area contributed by atoms with E-state index in [4.69, 9.17) is 9.84 Å². The highest BCUT2D eigenvalue weighted by molar-refractivity contribution is 9.10. The fourth-order valence-corrected chi connectivity index (χ4v) is 3.52. The molecule has 3 rings (SSSR count). The molecule has 26 heavy (non-hydrogen) atoms. The Kier molecular flexibility index (Phi) is 5.92. The van der Waals surface area contributed by atoms with Gasteiger partial charge in [-0.2, -0.15) is 0 Å². The molecule has 138 valence electrons. The van der Waals surface area contributed by atoms with Crippen molar-refractivity contribution in [2.45, 2.75) is 26.0 Å². The van der Waals surface area contributed by atoms with Crippen LogP contribution < -0.4 is 10.3 Å². The van der Waals surface area contributed by atoms with E-state index in [9.17, 15) is 9.59 Å². The van der Waals surface area contributed by atoms with Crippen LogP contribution in [0.15, 0.2) is 45.9 Å². The van der Waals surface area contributed by atoms with Crippen molar-refractivity contribution in [2.75, 3.05) is 13.1 Å². The van der Waals surface area contributed by atoms with E-state index in [0.29, 0.717) is 26.2 Å². The molecule has 1 unspecified atom stereocenters. The van der Waals surface area contributed by atoms with Gasteiger partial charge >= 0.3 is 6.09 Å². The predicted molar refractivity (Wildman–Crippen MR) is 99.3 cm³/mol. The minimum Gasteiger partial charge on any atom is -0.472 e. The number of likely N-dealkylation sites (tertiary alicyclic amines) is 1. The zero-order chi connectivity index (χ0) is 18.5. The Hall–Kier alpha value is -2.35. The number of hydrogen-bond donors (Lipinski definition) is 1. The summed E-state index contributed by atoms with van der Waals surface area (Å²) in [6.07, 6.45) is 2.25. The number of amides is 1. The summed E-state index contributed by atoms with van der Waals surface area (Å²) >= 11 is 3.28. The number of ether oxygens (including phenoxy) is 1. The Morgan fingerprint density at radius 3 is 2.85 bits per heavy atom. The van der Waals surface area contributed by atoms with Crippen molar-refractivity contribution in [3.63, 3.8) is 0 Å². The molecule has 1 aliphatic rings. The molecule has 2 aromatic rings. The molecule has 1 N–H and O–H groups in total. The monoisotopic (exact) mass is 421 g/mol. The first kappa shape index (κ1) is 18.4. The molecule has 0 radical (unpaired) electrons. The number of benzene rings is 1. The van der Waals surface area contributed by atoms with Crippen LogP contribution in [0.3, 0.4) is 0 Å². The smallest absolute Gasteiger partial charge is 0.407 e. The van der Waals surface area contributed by atoms with Crippen LogP contribution >= 0.6 is 15.9 Å². The van der Waals surface area contributed by atoms with Crippen LogP contribution in [0, 0.1) is 5.92 Å². The predicted octanol–water partition coefficient (Wildman–Crippen LogP) is 2.97.